The van der Waals surface area contributed by atoms with Crippen LogP contribution < -0.4 is 5.73 Å². The molecule has 1 aromatic rings. The molecule has 0 aliphatic carbocycles. The summed E-state index contributed by atoms with van der Waals surface area (Å²) in [6.45, 7) is 3.61. The molecule has 0 saturated carbocycles. The van der Waals surface area contributed by atoms with Crippen LogP contribution in [0.15, 0.2) is 6.07 Å². The lowest BCUT2D eigenvalue weighted by atomic mass is 9.92. The minimum absolute atomic E-state index is 0.420. The number of nitrogens with one attached hydrogen (secondary N) is 1. The quantitative estimate of drug-likeness (QED) is 0.621. The number of nitrogens with zero attached hydrogens (tertiary/aromatic N) is 2. The Morgan fingerprint density at radius 1 is 1.73 bits per heavy atom. The molecule has 1 aromatic heterocycles. The number of rotatable bonds is 1. The highest BCUT2D eigenvalue weighted by molar-refractivity contribution is 5.34. The van der Waals surface area contributed by atoms with Crippen LogP contribution in [0.2, 0.25) is 0 Å². The van der Waals surface area contributed by atoms with E-state index in [4.69, 9.17) is 11.0 Å². The highest BCUT2D eigenvalue weighted by atomic mass is 15.2. The largest absolute Gasteiger partial charge is 0.382 e. The molecule has 1 heterocycles. The molecular formula is C7H10N4. The maximum absolute atomic E-state index is 8.72. The summed E-state index contributed by atoms with van der Waals surface area (Å²) in [5.41, 5.74) is 5.59. The van der Waals surface area contributed by atoms with E-state index in [9.17, 15) is 0 Å². The van der Waals surface area contributed by atoms with Gasteiger partial charge in [0.05, 0.1) is 17.2 Å². The number of nitriles is 1. The molecular weight excluding hydrogens is 140 g/mol. The third kappa shape index (κ3) is 1.32. The molecule has 0 amide bonds. The van der Waals surface area contributed by atoms with Crippen LogP contribution in [0.25, 0.3) is 0 Å². The first-order valence-electron chi connectivity index (χ1n) is 3.29. The molecule has 0 unspecified atom stereocenters. The standard InChI is InChI=1S/C7H10N4/c1-7(2,4-8)5-3-6(9)11-10-5/h3H,1-2H3,(H3,9,10,11). The molecule has 0 aliphatic heterocycles. The monoisotopic (exact) mass is 150 g/mol. The average molecular weight is 150 g/mol. The van der Waals surface area contributed by atoms with Gasteiger partial charge in [0.1, 0.15) is 5.82 Å². The second kappa shape index (κ2) is 2.27. The maximum atomic E-state index is 8.72. The first-order chi connectivity index (χ1) is 5.06. The molecule has 0 atom stereocenters. The Balaban J connectivity index is 3.04. The van der Waals surface area contributed by atoms with Gasteiger partial charge in [0, 0.05) is 6.07 Å². The van der Waals surface area contributed by atoms with Crippen molar-refractivity contribution >= 4 is 5.82 Å². The van der Waals surface area contributed by atoms with Gasteiger partial charge in [0.15, 0.2) is 0 Å². The van der Waals surface area contributed by atoms with Crippen molar-refractivity contribution in [3.63, 3.8) is 0 Å². The Hall–Kier alpha value is -1.50. The normalized spacial score (nSPS) is 11.0. The third-order valence-corrected chi connectivity index (χ3v) is 1.55. The fourth-order valence-corrected chi connectivity index (χ4v) is 0.718. The number of hydrogen-bond donors (Lipinski definition) is 2. The van der Waals surface area contributed by atoms with Crippen LogP contribution >= 0.6 is 0 Å². The van der Waals surface area contributed by atoms with Crippen molar-refractivity contribution in [3.05, 3.63) is 11.8 Å². The minimum Gasteiger partial charge on any atom is -0.382 e. The number of anilines is 1. The molecule has 0 spiro atoms. The molecule has 0 aromatic carbocycles. The average Bonchev–Trinajstić information content (AvgIpc) is 2.36. The van der Waals surface area contributed by atoms with Gasteiger partial charge in [-0.1, -0.05) is 0 Å². The van der Waals surface area contributed by atoms with Crippen molar-refractivity contribution in [3.8, 4) is 6.07 Å². The molecule has 0 fully saturated rings. The van der Waals surface area contributed by atoms with Gasteiger partial charge in [0.25, 0.3) is 0 Å². The molecule has 0 aliphatic rings. The van der Waals surface area contributed by atoms with Gasteiger partial charge in [-0.05, 0) is 13.8 Å². The summed E-state index contributed by atoms with van der Waals surface area (Å²) in [5.74, 6) is 0.420. The molecule has 0 radical (unpaired) electrons. The first kappa shape index (κ1) is 7.61. The smallest absolute Gasteiger partial charge is 0.145 e. The second-order valence-corrected chi connectivity index (χ2v) is 2.94. The molecule has 1 rings (SSSR count). The Labute approximate surface area is 65.0 Å². The SMILES string of the molecule is CC(C)(C#N)c1cc(N)n[nH]1. The fraction of sp³-hybridized carbons (Fsp3) is 0.429. The Morgan fingerprint density at radius 2 is 2.36 bits per heavy atom. The summed E-state index contributed by atoms with van der Waals surface area (Å²) >= 11 is 0. The highest BCUT2D eigenvalue weighted by Crippen LogP contribution is 2.20. The highest BCUT2D eigenvalue weighted by Gasteiger charge is 2.21. The zero-order valence-corrected chi connectivity index (χ0v) is 6.55. The van der Waals surface area contributed by atoms with E-state index >= 15 is 0 Å². The van der Waals surface area contributed by atoms with Crippen molar-refractivity contribution in [1.29, 1.82) is 5.26 Å². The number of nitrogens with two attached hydrogens (primary N) is 1. The van der Waals surface area contributed by atoms with Crippen LogP contribution in [-0.4, -0.2) is 10.2 Å². The molecule has 4 nitrogen and oxygen atoms in total. The molecule has 3 N–H and O–H groups in total. The van der Waals surface area contributed by atoms with Gasteiger partial charge in [0.2, 0.25) is 0 Å². The minimum atomic E-state index is -0.537. The van der Waals surface area contributed by atoms with Crippen molar-refractivity contribution in [1.82, 2.24) is 10.2 Å². The second-order valence-electron chi connectivity index (χ2n) is 2.94. The van der Waals surface area contributed by atoms with Gasteiger partial charge in [-0.15, -0.1) is 0 Å². The van der Waals surface area contributed by atoms with Crippen LogP contribution in [0.1, 0.15) is 19.5 Å². The lowest BCUT2D eigenvalue weighted by Crippen LogP contribution is -2.14. The van der Waals surface area contributed by atoms with E-state index in [0.717, 1.165) is 5.69 Å². The van der Waals surface area contributed by atoms with E-state index in [1.54, 1.807) is 19.9 Å². The fourth-order valence-electron chi connectivity index (χ4n) is 0.718. The number of hydrogen-bond acceptors (Lipinski definition) is 3. The van der Waals surface area contributed by atoms with E-state index in [2.05, 4.69) is 16.3 Å². The zero-order valence-electron chi connectivity index (χ0n) is 6.55. The van der Waals surface area contributed by atoms with Gasteiger partial charge in [-0.2, -0.15) is 10.4 Å². The summed E-state index contributed by atoms with van der Waals surface area (Å²) in [7, 11) is 0. The molecule has 0 saturated heterocycles. The van der Waals surface area contributed by atoms with Gasteiger partial charge in [-0.3, -0.25) is 5.10 Å². The molecule has 4 heteroatoms. The van der Waals surface area contributed by atoms with E-state index in [-0.39, 0.29) is 0 Å². The number of aromatic nitrogens is 2. The molecule has 11 heavy (non-hydrogen) atoms. The van der Waals surface area contributed by atoms with E-state index in [0.29, 0.717) is 5.82 Å². The van der Waals surface area contributed by atoms with Crippen LogP contribution in [0.4, 0.5) is 5.82 Å². The Bertz CT molecular complexity index is 292. The summed E-state index contributed by atoms with van der Waals surface area (Å²) in [4.78, 5) is 0. The summed E-state index contributed by atoms with van der Waals surface area (Å²) in [5, 5.41) is 15.1. The predicted octanol–water partition coefficient (Wildman–Crippen LogP) is 0.793. The van der Waals surface area contributed by atoms with Crippen LogP contribution in [0.3, 0.4) is 0 Å². The number of H-pyrrole nitrogens is 1. The van der Waals surface area contributed by atoms with Crippen LogP contribution in [-0.2, 0) is 5.41 Å². The number of aromatic amines is 1. The maximum Gasteiger partial charge on any atom is 0.145 e. The van der Waals surface area contributed by atoms with Crippen molar-refractivity contribution < 1.29 is 0 Å². The van der Waals surface area contributed by atoms with Crippen LogP contribution in [0.5, 0.6) is 0 Å². The topological polar surface area (TPSA) is 78.5 Å². The predicted molar refractivity (Wildman–Crippen MR) is 41.6 cm³/mol. The van der Waals surface area contributed by atoms with E-state index in [1.165, 1.54) is 0 Å². The lowest BCUT2D eigenvalue weighted by molar-refractivity contribution is 0.655. The first-order valence-corrected chi connectivity index (χ1v) is 3.29. The van der Waals surface area contributed by atoms with E-state index in [1.807, 2.05) is 0 Å². The van der Waals surface area contributed by atoms with Gasteiger partial charge < -0.3 is 5.73 Å². The lowest BCUT2D eigenvalue weighted by Gasteiger charge is -2.10. The Kier molecular flexibility index (Phi) is 1.57. The summed E-state index contributed by atoms with van der Waals surface area (Å²) in [6, 6.07) is 3.81. The summed E-state index contributed by atoms with van der Waals surface area (Å²) < 4.78 is 0. The van der Waals surface area contributed by atoms with E-state index < -0.39 is 5.41 Å². The summed E-state index contributed by atoms with van der Waals surface area (Å²) in [6.07, 6.45) is 0. The van der Waals surface area contributed by atoms with Gasteiger partial charge >= 0.3 is 0 Å². The molecule has 58 valence electrons. The third-order valence-electron chi connectivity index (χ3n) is 1.55. The zero-order chi connectivity index (χ0) is 8.48. The van der Waals surface area contributed by atoms with Gasteiger partial charge in [-0.25, -0.2) is 0 Å². The van der Waals surface area contributed by atoms with Crippen molar-refractivity contribution in [2.45, 2.75) is 19.3 Å². The van der Waals surface area contributed by atoms with Crippen molar-refractivity contribution in [2.24, 2.45) is 0 Å². The Morgan fingerprint density at radius 3 is 2.73 bits per heavy atom. The molecule has 0 bridgehead atoms. The number of nitrogen functional groups attached to an aromatic ring is 1. The van der Waals surface area contributed by atoms with Crippen molar-refractivity contribution in [2.75, 3.05) is 5.73 Å². The van der Waals surface area contributed by atoms with Crippen LogP contribution in [0, 0.1) is 11.3 Å².